The molecule has 2 unspecified atom stereocenters. The summed E-state index contributed by atoms with van der Waals surface area (Å²) >= 11 is 1.57. The summed E-state index contributed by atoms with van der Waals surface area (Å²) in [6.07, 6.45) is -0.313. The number of nitro groups is 1. The van der Waals surface area contributed by atoms with Gasteiger partial charge in [0, 0.05) is 17.0 Å². The van der Waals surface area contributed by atoms with Gasteiger partial charge >= 0.3 is 0 Å². The highest BCUT2D eigenvalue weighted by molar-refractivity contribution is 7.10. The van der Waals surface area contributed by atoms with Gasteiger partial charge in [-0.25, -0.2) is 0 Å². The van der Waals surface area contributed by atoms with Crippen molar-refractivity contribution in [2.45, 2.75) is 26.0 Å². The molecule has 1 aromatic heterocycles. The molecular formula is C15H18N2O3S. The van der Waals surface area contributed by atoms with Gasteiger partial charge in [-0.2, -0.15) is 0 Å². The maximum absolute atomic E-state index is 10.8. The Balaban J connectivity index is 2.27. The molecule has 6 heteroatoms. The Morgan fingerprint density at radius 2 is 2.05 bits per heavy atom. The molecule has 0 saturated carbocycles. The predicted octanol–water partition coefficient (Wildman–Crippen LogP) is 3.76. The van der Waals surface area contributed by atoms with E-state index in [4.69, 9.17) is 10.5 Å². The normalized spacial score (nSPS) is 13.9. The molecule has 0 saturated heterocycles. The first-order chi connectivity index (χ1) is 9.99. The number of hydrogen-bond acceptors (Lipinski definition) is 5. The second kappa shape index (κ2) is 6.69. The topological polar surface area (TPSA) is 78.4 Å². The molecule has 1 aromatic carbocycles. The van der Waals surface area contributed by atoms with E-state index in [1.54, 1.807) is 23.5 Å². The molecule has 2 N–H and O–H groups in total. The smallest absolute Gasteiger partial charge is 0.273 e. The Kier molecular flexibility index (Phi) is 4.93. The zero-order valence-electron chi connectivity index (χ0n) is 11.9. The van der Waals surface area contributed by atoms with E-state index in [1.807, 2.05) is 31.4 Å². The Hall–Kier alpha value is -1.92. The summed E-state index contributed by atoms with van der Waals surface area (Å²) < 4.78 is 5.95. The number of nitro benzene ring substituents is 1. The molecule has 0 radical (unpaired) electrons. The Labute approximate surface area is 127 Å². The first-order valence-corrected chi connectivity index (χ1v) is 7.57. The van der Waals surface area contributed by atoms with Crippen molar-refractivity contribution >= 4 is 17.0 Å². The fourth-order valence-electron chi connectivity index (χ4n) is 1.95. The number of nitrogens with two attached hydrogens (primary N) is 1. The van der Waals surface area contributed by atoms with Gasteiger partial charge in [-0.15, -0.1) is 11.3 Å². The largest absolute Gasteiger partial charge is 0.483 e. The average molecular weight is 306 g/mol. The highest BCUT2D eigenvalue weighted by Gasteiger charge is 2.26. The summed E-state index contributed by atoms with van der Waals surface area (Å²) in [4.78, 5) is 11.4. The lowest BCUT2D eigenvalue weighted by Gasteiger charge is -2.26. The minimum Gasteiger partial charge on any atom is -0.483 e. The summed E-state index contributed by atoms with van der Waals surface area (Å²) in [6.45, 7) is 4.06. The van der Waals surface area contributed by atoms with E-state index in [0.717, 1.165) is 4.88 Å². The lowest BCUT2D eigenvalue weighted by Crippen LogP contribution is -2.36. The van der Waals surface area contributed by atoms with Crippen LogP contribution < -0.4 is 10.5 Å². The summed E-state index contributed by atoms with van der Waals surface area (Å²) in [5.41, 5.74) is 6.26. The van der Waals surface area contributed by atoms with E-state index in [0.29, 0.717) is 5.75 Å². The third-order valence-corrected chi connectivity index (χ3v) is 4.17. The van der Waals surface area contributed by atoms with Crippen molar-refractivity contribution in [3.05, 3.63) is 56.8 Å². The third kappa shape index (κ3) is 3.80. The van der Waals surface area contributed by atoms with Crippen LogP contribution in [0.25, 0.3) is 0 Å². The molecule has 21 heavy (non-hydrogen) atoms. The van der Waals surface area contributed by atoms with Gasteiger partial charge in [0.15, 0.2) is 0 Å². The van der Waals surface area contributed by atoms with E-state index in [2.05, 4.69) is 0 Å². The third-order valence-electron chi connectivity index (χ3n) is 3.23. The van der Waals surface area contributed by atoms with E-state index in [9.17, 15) is 10.1 Å². The van der Waals surface area contributed by atoms with Crippen LogP contribution in [0.15, 0.2) is 41.8 Å². The summed E-state index contributed by atoms with van der Waals surface area (Å²) in [6, 6.07) is 9.90. The highest BCUT2D eigenvalue weighted by Crippen LogP contribution is 2.31. The zero-order chi connectivity index (χ0) is 15.4. The van der Waals surface area contributed by atoms with Crippen molar-refractivity contribution in [2.75, 3.05) is 0 Å². The molecule has 2 atom stereocenters. The van der Waals surface area contributed by atoms with Crippen LogP contribution >= 0.6 is 11.3 Å². The molecule has 0 bridgehead atoms. The van der Waals surface area contributed by atoms with Crippen LogP contribution in [0.1, 0.15) is 24.8 Å². The van der Waals surface area contributed by atoms with Gasteiger partial charge in [-0.3, -0.25) is 10.1 Å². The second-order valence-corrected chi connectivity index (χ2v) is 6.11. The summed E-state index contributed by atoms with van der Waals surface area (Å²) in [7, 11) is 0. The number of ether oxygens (including phenoxy) is 1. The van der Waals surface area contributed by atoms with Gasteiger partial charge in [0.25, 0.3) is 5.69 Å². The molecule has 5 nitrogen and oxygen atoms in total. The lowest BCUT2D eigenvalue weighted by atomic mass is 9.98. The molecule has 2 rings (SSSR count). The maximum Gasteiger partial charge on any atom is 0.273 e. The number of rotatable bonds is 6. The van der Waals surface area contributed by atoms with Crippen LogP contribution in [0.3, 0.4) is 0 Å². The van der Waals surface area contributed by atoms with Crippen LogP contribution in [0.4, 0.5) is 5.69 Å². The molecule has 0 amide bonds. The van der Waals surface area contributed by atoms with Crippen LogP contribution in [0.2, 0.25) is 0 Å². The number of thiophene rings is 1. The van der Waals surface area contributed by atoms with Crippen molar-refractivity contribution in [3.63, 3.8) is 0 Å². The number of non-ortho nitro benzene ring substituents is 1. The molecule has 112 valence electrons. The predicted molar refractivity (Wildman–Crippen MR) is 83.6 cm³/mol. The Morgan fingerprint density at radius 1 is 1.29 bits per heavy atom. The number of benzene rings is 1. The zero-order valence-corrected chi connectivity index (χ0v) is 12.7. The molecule has 0 aliphatic heterocycles. The van der Waals surface area contributed by atoms with Crippen LogP contribution in [0, 0.1) is 16.0 Å². The molecule has 0 aliphatic rings. The first kappa shape index (κ1) is 15.5. The first-order valence-electron chi connectivity index (χ1n) is 6.69. The van der Waals surface area contributed by atoms with E-state index < -0.39 is 4.92 Å². The van der Waals surface area contributed by atoms with Crippen LogP contribution in [-0.2, 0) is 0 Å². The molecule has 1 heterocycles. The van der Waals surface area contributed by atoms with Crippen LogP contribution in [0.5, 0.6) is 5.75 Å². The van der Waals surface area contributed by atoms with Crippen molar-refractivity contribution in [1.82, 2.24) is 0 Å². The molecular weight excluding hydrogens is 288 g/mol. The van der Waals surface area contributed by atoms with E-state index >= 15 is 0 Å². The second-order valence-electron chi connectivity index (χ2n) is 5.13. The summed E-state index contributed by atoms with van der Waals surface area (Å²) in [5.74, 6) is 0.689. The lowest BCUT2D eigenvalue weighted by molar-refractivity contribution is -0.385. The average Bonchev–Trinajstić information content (AvgIpc) is 2.98. The molecule has 2 aromatic rings. The molecule has 0 aliphatic carbocycles. The Bertz CT molecular complexity index is 599. The number of hydrogen-bond donors (Lipinski definition) is 1. The minimum atomic E-state index is -0.435. The SMILES string of the molecule is CC(C)C(N)C(Oc1cccc([N+](=O)[O-])c1)c1cccs1. The fourth-order valence-corrected chi connectivity index (χ4v) is 2.76. The van der Waals surface area contributed by atoms with Crippen molar-refractivity contribution in [2.24, 2.45) is 11.7 Å². The summed E-state index contributed by atoms with van der Waals surface area (Å²) in [5, 5.41) is 12.8. The van der Waals surface area contributed by atoms with Gasteiger partial charge in [0.05, 0.1) is 11.0 Å². The van der Waals surface area contributed by atoms with Crippen molar-refractivity contribution < 1.29 is 9.66 Å². The number of nitrogens with zero attached hydrogens (tertiary/aromatic N) is 1. The monoisotopic (exact) mass is 306 g/mol. The minimum absolute atomic E-state index is 0.00977. The van der Waals surface area contributed by atoms with Gasteiger partial charge in [-0.05, 0) is 23.4 Å². The van der Waals surface area contributed by atoms with Crippen LogP contribution in [-0.4, -0.2) is 11.0 Å². The van der Waals surface area contributed by atoms with Gasteiger partial charge in [0.2, 0.25) is 0 Å². The van der Waals surface area contributed by atoms with E-state index in [1.165, 1.54) is 12.1 Å². The van der Waals surface area contributed by atoms with Gasteiger partial charge < -0.3 is 10.5 Å². The maximum atomic E-state index is 10.8. The fraction of sp³-hybridized carbons (Fsp3) is 0.333. The standard InChI is InChI=1S/C15H18N2O3S/c1-10(2)14(16)15(13-7-4-8-21-13)20-12-6-3-5-11(9-12)17(18)19/h3-10,14-15H,16H2,1-2H3. The van der Waals surface area contributed by atoms with Crippen molar-refractivity contribution in [3.8, 4) is 5.75 Å². The highest BCUT2D eigenvalue weighted by atomic mass is 32.1. The Morgan fingerprint density at radius 3 is 2.62 bits per heavy atom. The quantitative estimate of drug-likeness (QED) is 0.651. The molecule has 0 spiro atoms. The van der Waals surface area contributed by atoms with E-state index in [-0.39, 0.29) is 23.8 Å². The van der Waals surface area contributed by atoms with Gasteiger partial charge in [0.1, 0.15) is 11.9 Å². The molecule has 0 fully saturated rings. The van der Waals surface area contributed by atoms with Gasteiger partial charge in [-0.1, -0.05) is 26.0 Å². The van der Waals surface area contributed by atoms with Crippen molar-refractivity contribution in [1.29, 1.82) is 0 Å².